The van der Waals surface area contributed by atoms with E-state index in [4.69, 9.17) is 14.2 Å². The molecular weight excluding hydrogens is 394 g/mol. The van der Waals surface area contributed by atoms with E-state index >= 15 is 0 Å². The first kappa shape index (κ1) is 19.8. The van der Waals surface area contributed by atoms with Gasteiger partial charge in [-0.05, 0) is 66.1 Å². The van der Waals surface area contributed by atoms with Crippen molar-refractivity contribution in [3.05, 3.63) is 52.8 Å². The van der Waals surface area contributed by atoms with Gasteiger partial charge in [0.25, 0.3) is 0 Å². The Balaban J connectivity index is 1.58. The van der Waals surface area contributed by atoms with Crippen LogP contribution in [0.5, 0.6) is 17.2 Å². The number of likely N-dealkylation sites (N-methyl/N-ethyl adjacent to an activating group) is 1. The Morgan fingerprint density at radius 3 is 2.81 bits per heavy atom. The number of benzene rings is 2. The van der Waals surface area contributed by atoms with Crippen LogP contribution in [-0.4, -0.2) is 52.6 Å². The maximum absolute atomic E-state index is 5.82. The Hall–Kier alpha value is -3.13. The zero-order valence-corrected chi connectivity index (χ0v) is 18.2. The lowest BCUT2D eigenvalue weighted by Crippen LogP contribution is -2.35. The molecule has 8 heteroatoms. The molecule has 8 nitrogen and oxygen atoms in total. The van der Waals surface area contributed by atoms with Gasteiger partial charge in [0.2, 0.25) is 12.5 Å². The van der Waals surface area contributed by atoms with Gasteiger partial charge in [0.1, 0.15) is 6.04 Å². The first-order valence-corrected chi connectivity index (χ1v) is 10.8. The average molecular weight is 422 g/mol. The fourth-order valence-corrected chi connectivity index (χ4v) is 4.49. The van der Waals surface area contributed by atoms with Crippen LogP contribution in [0.25, 0.3) is 5.69 Å². The fraction of sp³-hybridized carbons (Fsp3) is 0.435. The third-order valence-corrected chi connectivity index (χ3v) is 6.13. The van der Waals surface area contributed by atoms with Crippen molar-refractivity contribution < 1.29 is 14.2 Å². The molecule has 0 spiro atoms. The molecule has 2 aliphatic rings. The molecule has 2 aliphatic heterocycles. The Morgan fingerprint density at radius 2 is 2.03 bits per heavy atom. The monoisotopic (exact) mass is 421 g/mol. The second-order valence-electron chi connectivity index (χ2n) is 8.07. The highest BCUT2D eigenvalue weighted by atomic mass is 16.7. The number of rotatable bonds is 6. The summed E-state index contributed by atoms with van der Waals surface area (Å²) >= 11 is 0. The van der Waals surface area contributed by atoms with Crippen LogP contribution in [0.4, 0.5) is 0 Å². The van der Waals surface area contributed by atoms with Gasteiger partial charge in [-0.1, -0.05) is 25.5 Å². The summed E-state index contributed by atoms with van der Waals surface area (Å²) in [6.45, 7) is 3.29. The normalized spacial score (nSPS) is 17.6. The average Bonchev–Trinajstić information content (AvgIpc) is 3.46. The van der Waals surface area contributed by atoms with E-state index in [1.165, 1.54) is 24.0 Å². The molecule has 0 fully saturated rings. The lowest BCUT2D eigenvalue weighted by molar-refractivity contribution is 0.170. The van der Waals surface area contributed by atoms with E-state index in [2.05, 4.69) is 64.7 Å². The Morgan fingerprint density at radius 1 is 1.19 bits per heavy atom. The highest BCUT2D eigenvalue weighted by Crippen LogP contribution is 2.50. The summed E-state index contributed by atoms with van der Waals surface area (Å²) in [6.07, 6.45) is 4.35. The van der Waals surface area contributed by atoms with E-state index in [1.54, 1.807) is 7.11 Å². The molecule has 0 saturated heterocycles. The fourth-order valence-electron chi connectivity index (χ4n) is 4.49. The van der Waals surface area contributed by atoms with Crippen LogP contribution in [0.1, 0.15) is 48.3 Å². The van der Waals surface area contributed by atoms with Gasteiger partial charge in [-0.2, -0.15) is 4.68 Å². The van der Waals surface area contributed by atoms with Crippen molar-refractivity contribution in [1.29, 1.82) is 0 Å². The van der Waals surface area contributed by atoms with Crippen LogP contribution >= 0.6 is 0 Å². The molecule has 162 valence electrons. The van der Waals surface area contributed by atoms with Crippen LogP contribution in [0.3, 0.4) is 0 Å². The molecule has 3 heterocycles. The smallest absolute Gasteiger partial charge is 0.231 e. The van der Waals surface area contributed by atoms with Gasteiger partial charge in [-0.15, -0.1) is 5.10 Å². The van der Waals surface area contributed by atoms with E-state index in [1.807, 2.05) is 4.68 Å². The van der Waals surface area contributed by atoms with Gasteiger partial charge in [-0.3, -0.25) is 4.90 Å². The molecule has 0 aliphatic carbocycles. The number of tetrazole rings is 1. The number of hydrogen-bond acceptors (Lipinski definition) is 7. The predicted molar refractivity (Wildman–Crippen MR) is 115 cm³/mol. The minimum atomic E-state index is -0.164. The van der Waals surface area contributed by atoms with E-state index < -0.39 is 0 Å². The summed E-state index contributed by atoms with van der Waals surface area (Å²) in [5.41, 5.74) is 4.49. The van der Waals surface area contributed by atoms with Crippen molar-refractivity contribution >= 4 is 0 Å². The number of fused-ring (bicyclic) bond motifs is 2. The second-order valence-corrected chi connectivity index (χ2v) is 8.07. The van der Waals surface area contributed by atoms with Crippen LogP contribution in [0.2, 0.25) is 0 Å². The van der Waals surface area contributed by atoms with Gasteiger partial charge in [0, 0.05) is 12.1 Å². The largest absolute Gasteiger partial charge is 0.492 e. The standard InChI is InChI=1S/C23H27N5O3/c1-4-5-6-15-7-9-17(10-8-15)28-23(24-25-26-28)20-19-16(11-12-27(20)2)13-18-21(22(19)29-3)31-14-30-18/h7-10,13,20H,4-6,11-12,14H2,1-3H3. The molecule has 0 amide bonds. The molecule has 1 unspecified atom stereocenters. The van der Waals surface area contributed by atoms with Crippen LogP contribution in [-0.2, 0) is 12.8 Å². The SMILES string of the molecule is CCCCc1ccc(-n2nnnc2C2c3c(cc4c(c3OC)OCO4)CCN2C)cc1. The van der Waals surface area contributed by atoms with Gasteiger partial charge in [-0.25, -0.2) is 0 Å². The summed E-state index contributed by atoms with van der Waals surface area (Å²) in [7, 11) is 3.76. The molecule has 5 rings (SSSR count). The summed E-state index contributed by atoms with van der Waals surface area (Å²) in [6, 6.07) is 10.4. The maximum atomic E-state index is 5.82. The quantitative estimate of drug-likeness (QED) is 0.604. The molecule has 1 aromatic heterocycles. The Labute approximate surface area is 181 Å². The summed E-state index contributed by atoms with van der Waals surface area (Å²) < 4.78 is 19.0. The van der Waals surface area contributed by atoms with Crippen molar-refractivity contribution in [2.75, 3.05) is 27.5 Å². The Kier molecular flexibility index (Phi) is 5.23. The second kappa shape index (κ2) is 8.19. The summed E-state index contributed by atoms with van der Waals surface area (Å²) in [4.78, 5) is 2.25. The number of hydrogen-bond donors (Lipinski definition) is 0. The maximum Gasteiger partial charge on any atom is 0.231 e. The minimum absolute atomic E-state index is 0.164. The van der Waals surface area contributed by atoms with E-state index in [9.17, 15) is 0 Å². The number of nitrogens with zero attached hydrogens (tertiary/aromatic N) is 5. The molecular formula is C23H27N5O3. The number of aromatic nitrogens is 4. The molecule has 31 heavy (non-hydrogen) atoms. The van der Waals surface area contributed by atoms with E-state index in [-0.39, 0.29) is 12.8 Å². The molecule has 0 saturated carbocycles. The topological polar surface area (TPSA) is 74.5 Å². The summed E-state index contributed by atoms with van der Waals surface area (Å²) in [5.74, 6) is 2.84. The van der Waals surface area contributed by atoms with E-state index in [0.29, 0.717) is 11.5 Å². The van der Waals surface area contributed by atoms with Crippen molar-refractivity contribution in [2.24, 2.45) is 0 Å². The summed E-state index contributed by atoms with van der Waals surface area (Å²) in [5, 5.41) is 12.8. The molecule has 2 aromatic carbocycles. The highest BCUT2D eigenvalue weighted by Gasteiger charge is 2.37. The number of aryl methyl sites for hydroxylation is 1. The first-order valence-electron chi connectivity index (χ1n) is 10.8. The number of methoxy groups -OCH3 is 1. The van der Waals surface area contributed by atoms with E-state index in [0.717, 1.165) is 42.2 Å². The number of ether oxygens (including phenoxy) is 3. The molecule has 0 N–H and O–H groups in total. The van der Waals surface area contributed by atoms with Crippen molar-refractivity contribution in [1.82, 2.24) is 25.1 Å². The van der Waals surface area contributed by atoms with Crippen molar-refractivity contribution in [3.63, 3.8) is 0 Å². The van der Waals surface area contributed by atoms with Gasteiger partial charge < -0.3 is 14.2 Å². The molecule has 3 aromatic rings. The molecule has 0 radical (unpaired) electrons. The lowest BCUT2D eigenvalue weighted by atomic mass is 9.90. The highest BCUT2D eigenvalue weighted by molar-refractivity contribution is 5.62. The van der Waals surface area contributed by atoms with Gasteiger partial charge in [0.05, 0.1) is 12.8 Å². The number of unbranched alkanes of at least 4 members (excludes halogenated alkanes) is 1. The lowest BCUT2D eigenvalue weighted by Gasteiger charge is -2.34. The third-order valence-electron chi connectivity index (χ3n) is 6.13. The first-order chi connectivity index (χ1) is 15.2. The van der Waals surface area contributed by atoms with Crippen molar-refractivity contribution in [2.45, 2.75) is 38.6 Å². The minimum Gasteiger partial charge on any atom is -0.492 e. The van der Waals surface area contributed by atoms with Crippen LogP contribution < -0.4 is 14.2 Å². The molecule has 1 atom stereocenters. The zero-order valence-electron chi connectivity index (χ0n) is 18.2. The molecule has 0 bridgehead atoms. The van der Waals surface area contributed by atoms with Gasteiger partial charge >= 0.3 is 0 Å². The van der Waals surface area contributed by atoms with Crippen LogP contribution in [0.15, 0.2) is 30.3 Å². The van der Waals surface area contributed by atoms with Crippen molar-refractivity contribution in [3.8, 4) is 22.9 Å². The third kappa shape index (κ3) is 3.40. The van der Waals surface area contributed by atoms with Gasteiger partial charge in [0.15, 0.2) is 17.3 Å². The Bertz CT molecular complexity index is 1080. The van der Waals surface area contributed by atoms with Crippen LogP contribution in [0, 0.1) is 0 Å². The predicted octanol–water partition coefficient (Wildman–Crippen LogP) is 3.32. The zero-order chi connectivity index (χ0) is 21.4.